The summed E-state index contributed by atoms with van der Waals surface area (Å²) in [7, 11) is 0. The van der Waals surface area contributed by atoms with E-state index in [1.807, 2.05) is 18.2 Å². The predicted octanol–water partition coefficient (Wildman–Crippen LogP) is 3.32. The number of anilines is 1. The van der Waals surface area contributed by atoms with Crippen molar-refractivity contribution in [2.75, 3.05) is 12.1 Å². The Morgan fingerprint density at radius 1 is 1.20 bits per heavy atom. The molecule has 4 rings (SSSR count). The van der Waals surface area contributed by atoms with Crippen LogP contribution in [0.15, 0.2) is 18.2 Å². The molecule has 2 aliphatic rings. The van der Waals surface area contributed by atoms with Crippen molar-refractivity contribution in [3.8, 4) is 11.5 Å². The fourth-order valence-corrected chi connectivity index (χ4v) is 4.07. The van der Waals surface area contributed by atoms with Crippen LogP contribution in [0.25, 0.3) is 0 Å². The summed E-state index contributed by atoms with van der Waals surface area (Å²) >= 11 is 1.46. The van der Waals surface area contributed by atoms with Crippen LogP contribution in [0.4, 0.5) is 9.93 Å². The first-order chi connectivity index (χ1) is 12.3. The third-order valence-electron chi connectivity index (χ3n) is 4.52. The maximum atomic E-state index is 12.0. The Kier molecular flexibility index (Phi) is 4.69. The predicted molar refractivity (Wildman–Crippen MR) is 94.0 cm³/mol. The number of fused-ring (bicyclic) bond motifs is 1. The molecule has 2 heterocycles. The second kappa shape index (κ2) is 7.26. The number of urea groups is 1. The molecule has 8 heteroatoms. The van der Waals surface area contributed by atoms with Crippen LogP contribution < -0.4 is 20.1 Å². The second-order valence-electron chi connectivity index (χ2n) is 6.35. The smallest absolute Gasteiger partial charge is 0.321 e. The molecule has 2 amide bonds. The van der Waals surface area contributed by atoms with Gasteiger partial charge in [0.15, 0.2) is 11.5 Å². The number of carbonyl (C=O) groups is 1. The van der Waals surface area contributed by atoms with Crippen LogP contribution in [0, 0.1) is 5.92 Å². The number of amides is 2. The second-order valence-corrected chi connectivity index (χ2v) is 7.41. The molecule has 25 heavy (non-hydrogen) atoms. The summed E-state index contributed by atoms with van der Waals surface area (Å²) in [4.78, 5) is 12.0. The first-order valence-electron chi connectivity index (χ1n) is 8.52. The van der Waals surface area contributed by atoms with Crippen LogP contribution in [-0.2, 0) is 13.0 Å². The van der Waals surface area contributed by atoms with Crippen molar-refractivity contribution in [2.24, 2.45) is 5.92 Å². The number of nitrogens with one attached hydrogen (secondary N) is 2. The van der Waals surface area contributed by atoms with Gasteiger partial charge in [-0.3, -0.25) is 5.32 Å². The maximum Gasteiger partial charge on any atom is 0.321 e. The molecular weight excluding hydrogens is 340 g/mol. The Labute approximate surface area is 149 Å². The van der Waals surface area contributed by atoms with E-state index in [9.17, 15) is 4.79 Å². The van der Waals surface area contributed by atoms with Gasteiger partial charge in [-0.1, -0.05) is 43.1 Å². The van der Waals surface area contributed by atoms with Gasteiger partial charge in [-0.2, -0.15) is 0 Å². The molecule has 2 aromatic rings. The highest BCUT2D eigenvalue weighted by molar-refractivity contribution is 7.15. The van der Waals surface area contributed by atoms with Crippen LogP contribution in [0.2, 0.25) is 0 Å². The zero-order chi connectivity index (χ0) is 17.1. The van der Waals surface area contributed by atoms with Crippen molar-refractivity contribution in [3.05, 3.63) is 28.8 Å². The first kappa shape index (κ1) is 16.1. The lowest BCUT2D eigenvalue weighted by atomic mass is 10.1. The minimum Gasteiger partial charge on any atom is -0.454 e. The number of carbonyl (C=O) groups excluding carboxylic acids is 1. The lowest BCUT2D eigenvalue weighted by Crippen LogP contribution is -2.28. The average Bonchev–Trinajstić information content (AvgIpc) is 3.35. The molecule has 0 saturated heterocycles. The molecule has 1 aromatic heterocycles. The normalized spacial score (nSPS) is 16.2. The fourth-order valence-electron chi connectivity index (χ4n) is 3.22. The van der Waals surface area contributed by atoms with E-state index < -0.39 is 0 Å². The zero-order valence-corrected chi connectivity index (χ0v) is 14.6. The van der Waals surface area contributed by atoms with Gasteiger partial charge in [0.25, 0.3) is 0 Å². The van der Waals surface area contributed by atoms with Crippen molar-refractivity contribution in [3.63, 3.8) is 0 Å². The van der Waals surface area contributed by atoms with Crippen molar-refractivity contribution < 1.29 is 14.3 Å². The number of nitrogens with zero attached hydrogens (tertiary/aromatic N) is 2. The number of hydrogen-bond acceptors (Lipinski definition) is 6. The molecule has 0 spiro atoms. The van der Waals surface area contributed by atoms with Crippen LogP contribution in [-0.4, -0.2) is 23.0 Å². The van der Waals surface area contributed by atoms with Crippen LogP contribution in [0.1, 0.15) is 36.3 Å². The summed E-state index contributed by atoms with van der Waals surface area (Å²) in [5, 5.41) is 15.3. The largest absolute Gasteiger partial charge is 0.454 e. The van der Waals surface area contributed by atoms with Gasteiger partial charge >= 0.3 is 6.03 Å². The van der Waals surface area contributed by atoms with E-state index in [4.69, 9.17) is 9.47 Å². The molecule has 0 unspecified atom stereocenters. The summed E-state index contributed by atoms with van der Waals surface area (Å²) in [6.07, 6.45) is 6.16. The monoisotopic (exact) mass is 360 g/mol. The third kappa shape index (κ3) is 4.01. The van der Waals surface area contributed by atoms with Crippen LogP contribution in [0.3, 0.4) is 0 Å². The molecule has 1 saturated carbocycles. The number of benzene rings is 1. The van der Waals surface area contributed by atoms with Gasteiger partial charge in [0.1, 0.15) is 5.01 Å². The Hall–Kier alpha value is -2.35. The lowest BCUT2D eigenvalue weighted by molar-refractivity contribution is 0.174. The van der Waals surface area contributed by atoms with Gasteiger partial charge in [0, 0.05) is 13.0 Å². The topological polar surface area (TPSA) is 85.4 Å². The molecule has 2 N–H and O–H groups in total. The van der Waals surface area contributed by atoms with E-state index in [2.05, 4.69) is 20.8 Å². The molecule has 132 valence electrons. The van der Waals surface area contributed by atoms with E-state index in [1.165, 1.54) is 37.0 Å². The van der Waals surface area contributed by atoms with Gasteiger partial charge in [0.05, 0.1) is 0 Å². The van der Waals surface area contributed by atoms with Crippen LogP contribution in [0.5, 0.6) is 11.5 Å². The van der Waals surface area contributed by atoms with Crippen molar-refractivity contribution >= 4 is 22.5 Å². The van der Waals surface area contributed by atoms with E-state index in [1.54, 1.807) is 0 Å². The highest BCUT2D eigenvalue weighted by atomic mass is 32.1. The number of hydrogen-bond donors (Lipinski definition) is 2. The fraction of sp³-hybridized carbons (Fsp3) is 0.471. The van der Waals surface area contributed by atoms with Gasteiger partial charge in [-0.15, -0.1) is 10.2 Å². The average molecular weight is 360 g/mol. The van der Waals surface area contributed by atoms with Gasteiger partial charge < -0.3 is 14.8 Å². The number of aromatic nitrogens is 2. The highest BCUT2D eigenvalue weighted by Crippen LogP contribution is 2.32. The molecule has 1 aliphatic carbocycles. The first-order valence-corrected chi connectivity index (χ1v) is 9.34. The zero-order valence-electron chi connectivity index (χ0n) is 13.8. The number of ether oxygens (including phenoxy) is 2. The summed E-state index contributed by atoms with van der Waals surface area (Å²) in [5.41, 5.74) is 0.943. The summed E-state index contributed by atoms with van der Waals surface area (Å²) in [6, 6.07) is 5.32. The molecule has 0 radical (unpaired) electrons. The summed E-state index contributed by atoms with van der Waals surface area (Å²) < 4.78 is 10.6. The third-order valence-corrected chi connectivity index (χ3v) is 5.38. The van der Waals surface area contributed by atoms with E-state index in [-0.39, 0.29) is 12.8 Å². The minimum atomic E-state index is -0.291. The summed E-state index contributed by atoms with van der Waals surface area (Å²) in [5.74, 6) is 2.16. The minimum absolute atomic E-state index is 0.243. The highest BCUT2D eigenvalue weighted by Gasteiger charge is 2.18. The van der Waals surface area contributed by atoms with Crippen molar-refractivity contribution in [1.29, 1.82) is 0 Å². The number of rotatable bonds is 5. The van der Waals surface area contributed by atoms with Gasteiger partial charge in [-0.25, -0.2) is 4.79 Å². The van der Waals surface area contributed by atoms with Crippen molar-refractivity contribution in [2.45, 2.75) is 38.6 Å². The Bertz CT molecular complexity index is 758. The maximum absolute atomic E-state index is 12.0. The SMILES string of the molecule is O=C(NCc1ccc2c(c1)OCO2)Nc1nnc(CC2CCCC2)s1. The molecule has 1 fully saturated rings. The van der Waals surface area contributed by atoms with Gasteiger partial charge in [-0.05, 0) is 23.6 Å². The molecule has 0 bridgehead atoms. The molecule has 0 atom stereocenters. The molecule has 1 aromatic carbocycles. The van der Waals surface area contributed by atoms with Crippen LogP contribution >= 0.6 is 11.3 Å². The molecule has 1 aliphatic heterocycles. The lowest BCUT2D eigenvalue weighted by Gasteiger charge is -2.06. The van der Waals surface area contributed by atoms with Crippen molar-refractivity contribution in [1.82, 2.24) is 15.5 Å². The standard InChI is InChI=1S/C17H20N4O3S/c22-16(18-9-12-5-6-13-14(7-12)24-10-23-13)19-17-21-20-15(25-17)8-11-3-1-2-4-11/h5-7,11H,1-4,8-10H2,(H2,18,19,21,22). The molecular formula is C17H20N4O3S. The van der Waals surface area contributed by atoms with E-state index in [0.29, 0.717) is 17.4 Å². The van der Waals surface area contributed by atoms with E-state index in [0.717, 1.165) is 28.7 Å². The van der Waals surface area contributed by atoms with Gasteiger partial charge in [0.2, 0.25) is 11.9 Å². The summed E-state index contributed by atoms with van der Waals surface area (Å²) in [6.45, 7) is 0.642. The Balaban J connectivity index is 1.26. The quantitative estimate of drug-likeness (QED) is 0.854. The van der Waals surface area contributed by atoms with E-state index >= 15 is 0 Å². The Morgan fingerprint density at radius 2 is 2.04 bits per heavy atom. The Morgan fingerprint density at radius 3 is 2.92 bits per heavy atom. The molecule has 7 nitrogen and oxygen atoms in total.